The molecule has 5 aliphatic carbocycles. The van der Waals surface area contributed by atoms with Gasteiger partial charge in [0.15, 0.2) is 0 Å². The summed E-state index contributed by atoms with van der Waals surface area (Å²) in [6.45, 7) is 10.2. The van der Waals surface area contributed by atoms with E-state index in [1.54, 1.807) is 12.1 Å². The number of allylic oxidation sites excluding steroid dienone is 1. The Bertz CT molecular complexity index is 1590. The van der Waals surface area contributed by atoms with Crippen LogP contribution in [0.2, 0.25) is 0 Å². The van der Waals surface area contributed by atoms with Crippen molar-refractivity contribution >= 4 is 17.9 Å². The van der Waals surface area contributed by atoms with E-state index < -0.39 is 22.5 Å². The number of fused-ring (bicyclic) bond motifs is 11. The zero-order valence-electron chi connectivity index (χ0n) is 25.0. The van der Waals surface area contributed by atoms with E-state index in [1.807, 2.05) is 25.1 Å². The first-order valence-electron chi connectivity index (χ1n) is 15.7. The fraction of sp³-hybridized carbons (Fsp3) is 0.528. The summed E-state index contributed by atoms with van der Waals surface area (Å²) >= 11 is 0. The predicted molar refractivity (Wildman–Crippen MR) is 156 cm³/mol. The molecule has 0 amide bonds. The Morgan fingerprint density at radius 2 is 1.84 bits per heavy atom. The van der Waals surface area contributed by atoms with Gasteiger partial charge in [0.1, 0.15) is 18.0 Å². The van der Waals surface area contributed by atoms with Gasteiger partial charge in [-0.1, -0.05) is 43.4 Å². The van der Waals surface area contributed by atoms with E-state index in [2.05, 4.69) is 26.5 Å². The van der Waals surface area contributed by atoms with Gasteiger partial charge >= 0.3 is 17.9 Å². The fourth-order valence-electron chi connectivity index (χ4n) is 10.6. The van der Waals surface area contributed by atoms with E-state index in [0.717, 1.165) is 22.3 Å². The number of para-hydroxylation sites is 1. The van der Waals surface area contributed by atoms with Gasteiger partial charge in [0.25, 0.3) is 0 Å². The first-order chi connectivity index (χ1) is 20.5. The fourth-order valence-corrected chi connectivity index (χ4v) is 10.6. The smallest absolute Gasteiger partial charge is 0.339 e. The second-order valence-electron chi connectivity index (χ2n) is 14.4. The molecule has 1 saturated carbocycles. The number of benzene rings is 1. The molecule has 0 radical (unpaired) electrons. The predicted octanol–water partition coefficient (Wildman–Crippen LogP) is 5.55. The van der Waals surface area contributed by atoms with Crippen molar-refractivity contribution in [3.63, 3.8) is 0 Å². The lowest BCUT2D eigenvalue weighted by Gasteiger charge is -2.48. The van der Waals surface area contributed by atoms with Gasteiger partial charge in [-0.3, -0.25) is 4.79 Å². The van der Waals surface area contributed by atoms with Crippen LogP contribution in [0.5, 0.6) is 5.75 Å². The second-order valence-corrected chi connectivity index (χ2v) is 14.4. The molecule has 224 valence electrons. The SMILES string of the molecule is C=C1C(=O)O[C@@H]2C3=C([C@H]4C[C@@]3(C)[C@]3(C4)C(=O)O[C@@H]4[C@H]5C(C)=CCC5=C(C(=O)Oc5ccccc5)CC[C@H]43)[C@@](C)(O)CC[C@@H]12. The molecule has 2 bridgehead atoms. The summed E-state index contributed by atoms with van der Waals surface area (Å²) in [5, 5.41) is 11.8. The van der Waals surface area contributed by atoms with Crippen molar-refractivity contribution < 1.29 is 33.7 Å². The molecule has 2 saturated heterocycles. The van der Waals surface area contributed by atoms with Gasteiger partial charge in [-0.15, -0.1) is 0 Å². The number of ether oxygens (including phenoxy) is 3. The summed E-state index contributed by atoms with van der Waals surface area (Å²) in [6, 6.07) is 9.13. The molecule has 1 aromatic carbocycles. The van der Waals surface area contributed by atoms with Gasteiger partial charge < -0.3 is 19.3 Å². The van der Waals surface area contributed by atoms with Gasteiger partial charge in [0.2, 0.25) is 0 Å². The zero-order valence-corrected chi connectivity index (χ0v) is 25.0. The highest BCUT2D eigenvalue weighted by Crippen LogP contribution is 2.76. The molecule has 1 aromatic rings. The third kappa shape index (κ3) is 3.37. The van der Waals surface area contributed by atoms with Crippen LogP contribution in [0.4, 0.5) is 0 Å². The van der Waals surface area contributed by atoms with Crippen molar-refractivity contribution in [2.45, 2.75) is 83.5 Å². The van der Waals surface area contributed by atoms with Gasteiger partial charge in [0, 0.05) is 34.3 Å². The van der Waals surface area contributed by atoms with Crippen LogP contribution in [0.15, 0.2) is 76.4 Å². The normalized spacial score (nSPS) is 42.6. The van der Waals surface area contributed by atoms with Gasteiger partial charge in [0.05, 0.1) is 11.0 Å². The van der Waals surface area contributed by atoms with Crippen LogP contribution in [-0.2, 0) is 23.9 Å². The minimum Gasteiger partial charge on any atom is -0.461 e. The van der Waals surface area contributed by atoms with Crippen LogP contribution in [0.3, 0.4) is 0 Å². The first-order valence-corrected chi connectivity index (χ1v) is 15.7. The number of carbonyl (C=O) groups excluding carboxylic acids is 3. The minimum atomic E-state index is -1.05. The molecule has 1 spiro atoms. The summed E-state index contributed by atoms with van der Waals surface area (Å²) in [5.74, 6) is -0.920. The number of hydrogen-bond donors (Lipinski definition) is 1. The van der Waals surface area contributed by atoms with Crippen molar-refractivity contribution in [1.29, 1.82) is 0 Å². The van der Waals surface area contributed by atoms with E-state index in [4.69, 9.17) is 14.2 Å². The Hall–Kier alpha value is -3.45. The monoisotopic (exact) mass is 582 g/mol. The van der Waals surface area contributed by atoms with Gasteiger partial charge in [-0.25, -0.2) is 9.59 Å². The Kier molecular flexibility index (Phi) is 5.56. The van der Waals surface area contributed by atoms with Crippen molar-refractivity contribution in [1.82, 2.24) is 0 Å². The van der Waals surface area contributed by atoms with Crippen LogP contribution in [0.25, 0.3) is 0 Å². The molecule has 2 heterocycles. The highest BCUT2D eigenvalue weighted by atomic mass is 16.6. The Labute approximate surface area is 251 Å². The standard InChI is InChI=1S/C36H38O7/c1-18-10-11-23-24(32(38)41-21-8-6-5-7-9-21)12-13-25-30(26(18)23)43-33(39)36(25)17-20-16-34(36,3)28-27(20)35(4,40)15-14-22-19(2)31(37)42-29(22)28/h5-10,20,22,25-26,29-30,40H,2,11-17H2,1,3-4H3/t20-,22-,25+,26-,29-,30-,34+,35-,36-/m0/s1. The maximum atomic E-state index is 14.4. The lowest BCUT2D eigenvalue weighted by atomic mass is 9.53. The number of esters is 3. The van der Waals surface area contributed by atoms with Crippen molar-refractivity contribution in [3.8, 4) is 5.75 Å². The molecule has 7 heteroatoms. The van der Waals surface area contributed by atoms with Crippen LogP contribution >= 0.6 is 0 Å². The highest BCUT2D eigenvalue weighted by Gasteiger charge is 2.77. The lowest BCUT2D eigenvalue weighted by Crippen LogP contribution is -2.50. The second kappa shape index (κ2) is 8.81. The maximum Gasteiger partial charge on any atom is 0.339 e. The van der Waals surface area contributed by atoms with Crippen molar-refractivity contribution in [3.05, 3.63) is 76.4 Å². The maximum absolute atomic E-state index is 14.4. The lowest BCUT2D eigenvalue weighted by molar-refractivity contribution is -0.154. The third-order valence-electron chi connectivity index (χ3n) is 12.4. The number of aliphatic hydroxyl groups is 1. The van der Waals surface area contributed by atoms with Crippen LogP contribution in [0.1, 0.15) is 65.7 Å². The molecule has 3 fully saturated rings. The van der Waals surface area contributed by atoms with E-state index in [9.17, 15) is 19.5 Å². The molecular weight excluding hydrogens is 544 g/mol. The first kappa shape index (κ1) is 27.1. The van der Waals surface area contributed by atoms with E-state index >= 15 is 0 Å². The summed E-state index contributed by atoms with van der Waals surface area (Å²) in [7, 11) is 0. The topological polar surface area (TPSA) is 99.1 Å². The van der Waals surface area contributed by atoms with Crippen LogP contribution in [-0.4, -0.2) is 40.8 Å². The van der Waals surface area contributed by atoms with Crippen LogP contribution in [0, 0.1) is 34.5 Å². The van der Waals surface area contributed by atoms with E-state index in [1.165, 1.54) is 0 Å². The third-order valence-corrected chi connectivity index (χ3v) is 12.4. The Morgan fingerprint density at radius 3 is 2.60 bits per heavy atom. The Balaban J connectivity index is 1.21. The van der Waals surface area contributed by atoms with Crippen LogP contribution < -0.4 is 4.74 Å². The number of hydrogen-bond acceptors (Lipinski definition) is 7. The quantitative estimate of drug-likeness (QED) is 0.211. The summed E-state index contributed by atoms with van der Waals surface area (Å²) in [5.41, 5.74) is 2.62. The molecule has 2 aliphatic heterocycles. The van der Waals surface area contributed by atoms with E-state index in [0.29, 0.717) is 61.8 Å². The molecule has 8 rings (SSSR count). The molecule has 0 aromatic heterocycles. The highest BCUT2D eigenvalue weighted by molar-refractivity contribution is 5.93. The van der Waals surface area contributed by atoms with Crippen molar-refractivity contribution in [2.24, 2.45) is 34.5 Å². The number of carbonyl (C=O) groups is 3. The molecule has 7 aliphatic rings. The largest absolute Gasteiger partial charge is 0.461 e. The summed E-state index contributed by atoms with van der Waals surface area (Å²) < 4.78 is 18.3. The number of rotatable bonds is 2. The van der Waals surface area contributed by atoms with E-state index in [-0.39, 0.29) is 47.7 Å². The van der Waals surface area contributed by atoms with Gasteiger partial charge in [-0.05, 0) is 93.6 Å². The summed E-state index contributed by atoms with van der Waals surface area (Å²) in [4.78, 5) is 40.8. The average Bonchev–Trinajstić information content (AvgIpc) is 3.67. The molecule has 43 heavy (non-hydrogen) atoms. The molecule has 0 unspecified atom stereocenters. The molecule has 7 nitrogen and oxygen atoms in total. The molecule has 1 N–H and O–H groups in total. The van der Waals surface area contributed by atoms with Crippen molar-refractivity contribution in [2.75, 3.05) is 0 Å². The zero-order chi connectivity index (χ0) is 30.1. The average molecular weight is 583 g/mol. The van der Waals surface area contributed by atoms with Gasteiger partial charge in [-0.2, -0.15) is 0 Å². The molecular formula is C36H38O7. The Morgan fingerprint density at radius 1 is 1.07 bits per heavy atom. The summed E-state index contributed by atoms with van der Waals surface area (Å²) in [6.07, 6.45) is 5.43. The minimum absolute atomic E-state index is 0.00830. The molecule has 9 atom stereocenters.